The maximum absolute atomic E-state index is 12.8. The number of ether oxygens (including phenoxy) is 1. The highest BCUT2D eigenvalue weighted by molar-refractivity contribution is 7.19. The van der Waals surface area contributed by atoms with Crippen LogP contribution in [-0.2, 0) is 16.1 Å². The number of hydrogen-bond acceptors (Lipinski definition) is 10. The maximum Gasteiger partial charge on any atom is 0.224 e. The second-order valence-electron chi connectivity index (χ2n) is 9.63. The van der Waals surface area contributed by atoms with Crippen molar-refractivity contribution in [1.29, 1.82) is 0 Å². The minimum atomic E-state index is 0.184. The minimum absolute atomic E-state index is 0.184. The van der Waals surface area contributed by atoms with Gasteiger partial charge in [0.1, 0.15) is 12.0 Å². The first-order chi connectivity index (χ1) is 18.0. The lowest BCUT2D eigenvalue weighted by atomic mass is 10.2. The Hall–Kier alpha value is -3.02. The number of thiophene rings is 1. The summed E-state index contributed by atoms with van der Waals surface area (Å²) in [6.07, 6.45) is 7.54. The summed E-state index contributed by atoms with van der Waals surface area (Å²) in [4.78, 5) is 36.8. The van der Waals surface area contributed by atoms with Gasteiger partial charge in [0.2, 0.25) is 5.91 Å². The number of carbonyl (C=O) groups excluding carboxylic acids is 1. The topological polar surface area (TPSA) is 91.1 Å². The molecule has 10 nitrogen and oxygen atoms in total. The number of fused-ring (bicyclic) bond motifs is 1. The maximum atomic E-state index is 12.8. The van der Waals surface area contributed by atoms with Gasteiger partial charge in [-0.3, -0.25) is 9.69 Å². The third kappa shape index (κ3) is 5.94. The summed E-state index contributed by atoms with van der Waals surface area (Å²) in [5.41, 5.74) is 1.57. The fourth-order valence-electron chi connectivity index (χ4n) is 4.75. The number of carbonyl (C=O) groups is 1. The van der Waals surface area contributed by atoms with Gasteiger partial charge >= 0.3 is 0 Å². The van der Waals surface area contributed by atoms with Gasteiger partial charge in [-0.05, 0) is 26.1 Å². The van der Waals surface area contributed by atoms with Gasteiger partial charge in [-0.2, -0.15) is 0 Å². The molecule has 0 spiro atoms. The number of piperazine rings is 1. The molecule has 0 saturated carbocycles. The second kappa shape index (κ2) is 11.6. The molecule has 0 aliphatic carbocycles. The van der Waals surface area contributed by atoms with Crippen LogP contribution in [0.1, 0.15) is 25.1 Å². The molecule has 0 aromatic carbocycles. The second-order valence-corrected chi connectivity index (χ2v) is 10.8. The average molecular weight is 526 g/mol. The molecule has 2 saturated heterocycles. The Balaban J connectivity index is 1.26. The van der Waals surface area contributed by atoms with E-state index >= 15 is 0 Å². The van der Waals surface area contributed by atoms with Crippen molar-refractivity contribution in [2.75, 3.05) is 64.4 Å². The first kappa shape index (κ1) is 25.6. The van der Waals surface area contributed by atoms with Crippen LogP contribution in [0.15, 0.2) is 35.4 Å². The van der Waals surface area contributed by atoms with E-state index in [-0.39, 0.29) is 11.9 Å². The smallest absolute Gasteiger partial charge is 0.224 e. The van der Waals surface area contributed by atoms with Crippen LogP contribution in [0.5, 0.6) is 0 Å². The summed E-state index contributed by atoms with van der Waals surface area (Å²) in [5.74, 6) is 1.75. The van der Waals surface area contributed by atoms with E-state index in [1.807, 2.05) is 31.1 Å². The summed E-state index contributed by atoms with van der Waals surface area (Å²) >= 11 is 1.75. The number of hydrogen-bond donors (Lipinski definition) is 0. The molecule has 5 rings (SSSR count). The van der Waals surface area contributed by atoms with Gasteiger partial charge in [0.05, 0.1) is 23.4 Å². The number of anilines is 1. The van der Waals surface area contributed by atoms with Crippen molar-refractivity contribution in [1.82, 2.24) is 29.7 Å². The van der Waals surface area contributed by atoms with Gasteiger partial charge in [0.25, 0.3) is 0 Å². The number of oxazole rings is 1. The van der Waals surface area contributed by atoms with Crippen LogP contribution in [0.2, 0.25) is 0 Å². The Bertz CT molecular complexity index is 1210. The van der Waals surface area contributed by atoms with E-state index in [1.54, 1.807) is 17.6 Å². The Morgan fingerprint density at radius 1 is 1.19 bits per heavy atom. The first-order valence-corrected chi connectivity index (χ1v) is 13.7. The zero-order valence-corrected chi connectivity index (χ0v) is 22.6. The molecule has 5 heterocycles. The third-order valence-electron chi connectivity index (χ3n) is 7.03. The molecule has 2 aliphatic rings. The summed E-state index contributed by atoms with van der Waals surface area (Å²) in [7, 11) is 2.02. The molecule has 2 aliphatic heterocycles. The van der Waals surface area contributed by atoms with Gasteiger partial charge in [0.15, 0.2) is 18.0 Å². The summed E-state index contributed by atoms with van der Waals surface area (Å²) < 4.78 is 11.8. The minimum Gasteiger partial charge on any atom is -0.451 e. The van der Waals surface area contributed by atoms with Crippen LogP contribution in [0.3, 0.4) is 0 Å². The highest BCUT2D eigenvalue weighted by atomic mass is 32.1. The molecule has 0 bridgehead atoms. The molecule has 1 unspecified atom stereocenters. The molecule has 3 aromatic rings. The fourth-order valence-corrected chi connectivity index (χ4v) is 5.91. The molecule has 37 heavy (non-hydrogen) atoms. The summed E-state index contributed by atoms with van der Waals surface area (Å²) in [6.45, 7) is 11.2. The molecule has 1 atom stereocenters. The van der Waals surface area contributed by atoms with E-state index in [1.165, 1.54) is 11.3 Å². The molecule has 1 amide bonds. The highest BCUT2D eigenvalue weighted by Gasteiger charge is 2.25. The lowest BCUT2D eigenvalue weighted by Gasteiger charge is -2.35. The number of allylic oxidation sites excluding steroid dienone is 1. The Kier molecular flexibility index (Phi) is 8.02. The molecule has 3 aromatic heterocycles. The van der Waals surface area contributed by atoms with E-state index in [4.69, 9.17) is 19.1 Å². The Morgan fingerprint density at radius 2 is 1.97 bits per heavy atom. The van der Waals surface area contributed by atoms with Crippen LogP contribution in [0.4, 0.5) is 5.82 Å². The Morgan fingerprint density at radius 3 is 2.68 bits per heavy atom. The van der Waals surface area contributed by atoms with Gasteiger partial charge in [-0.15, -0.1) is 11.3 Å². The molecule has 2 fully saturated rings. The zero-order chi connectivity index (χ0) is 25.8. The number of rotatable bonds is 8. The normalized spacial score (nSPS) is 18.1. The molecular formula is C26H35N7O3S. The van der Waals surface area contributed by atoms with Crippen LogP contribution in [0, 0.1) is 0 Å². The SMILES string of the molecule is CC=CN(C)C(C)CC(=O)N1CCN(Cc2cc3nc(-c4cocn4)nc(N4CCOCC4)c3s2)CC1. The van der Waals surface area contributed by atoms with E-state index in [2.05, 4.69) is 32.7 Å². The van der Waals surface area contributed by atoms with Crippen molar-refractivity contribution in [3.05, 3.63) is 35.9 Å². The van der Waals surface area contributed by atoms with Gasteiger partial charge < -0.3 is 23.9 Å². The monoisotopic (exact) mass is 525 g/mol. The van der Waals surface area contributed by atoms with E-state index in [0.717, 1.165) is 61.8 Å². The highest BCUT2D eigenvalue weighted by Crippen LogP contribution is 2.35. The molecule has 198 valence electrons. The predicted molar refractivity (Wildman–Crippen MR) is 144 cm³/mol. The number of aromatic nitrogens is 3. The lowest BCUT2D eigenvalue weighted by Crippen LogP contribution is -2.49. The molecular weight excluding hydrogens is 490 g/mol. The van der Waals surface area contributed by atoms with Crippen molar-refractivity contribution in [2.45, 2.75) is 32.9 Å². The number of nitrogens with zero attached hydrogens (tertiary/aromatic N) is 7. The zero-order valence-electron chi connectivity index (χ0n) is 21.8. The number of amides is 1. The van der Waals surface area contributed by atoms with Crippen molar-refractivity contribution in [3.63, 3.8) is 0 Å². The van der Waals surface area contributed by atoms with Crippen LogP contribution in [-0.4, -0.2) is 101 Å². The first-order valence-electron chi connectivity index (χ1n) is 12.9. The largest absolute Gasteiger partial charge is 0.451 e. The standard InChI is InChI=1S/C26H35N7O3S/c1-4-5-30(3)19(2)14-23(34)32-8-6-31(7-9-32)16-20-15-21-24(37-20)26(33-10-12-35-13-11-33)29-25(28-21)22-17-36-18-27-22/h4-5,15,17-19H,6-14,16H2,1-3H3. The number of morpholine rings is 1. The van der Waals surface area contributed by atoms with Crippen molar-refractivity contribution in [3.8, 4) is 11.5 Å². The third-order valence-corrected chi connectivity index (χ3v) is 8.14. The fraction of sp³-hybridized carbons (Fsp3) is 0.538. The average Bonchev–Trinajstić information content (AvgIpc) is 3.59. The van der Waals surface area contributed by atoms with Gasteiger partial charge in [0, 0.05) is 70.2 Å². The van der Waals surface area contributed by atoms with Crippen molar-refractivity contribution >= 4 is 33.3 Å². The van der Waals surface area contributed by atoms with E-state index in [0.29, 0.717) is 31.2 Å². The predicted octanol–water partition coefficient (Wildman–Crippen LogP) is 3.07. The molecule has 0 radical (unpaired) electrons. The van der Waals surface area contributed by atoms with Crippen LogP contribution >= 0.6 is 11.3 Å². The van der Waals surface area contributed by atoms with Crippen molar-refractivity contribution in [2.24, 2.45) is 0 Å². The molecule has 0 N–H and O–H groups in total. The van der Waals surface area contributed by atoms with Gasteiger partial charge in [-0.25, -0.2) is 15.0 Å². The Labute approximate surface area is 221 Å². The van der Waals surface area contributed by atoms with Crippen LogP contribution < -0.4 is 4.90 Å². The molecule has 11 heteroatoms. The summed E-state index contributed by atoms with van der Waals surface area (Å²) in [5, 5.41) is 0. The van der Waals surface area contributed by atoms with Gasteiger partial charge in [-0.1, -0.05) is 6.08 Å². The lowest BCUT2D eigenvalue weighted by molar-refractivity contribution is -0.133. The van der Waals surface area contributed by atoms with Crippen molar-refractivity contribution < 1.29 is 13.9 Å². The van der Waals surface area contributed by atoms with E-state index in [9.17, 15) is 4.79 Å². The summed E-state index contributed by atoms with van der Waals surface area (Å²) in [6, 6.07) is 2.36. The quantitative estimate of drug-likeness (QED) is 0.440. The van der Waals surface area contributed by atoms with E-state index < -0.39 is 0 Å². The van der Waals surface area contributed by atoms with Crippen LogP contribution in [0.25, 0.3) is 21.7 Å².